The van der Waals surface area contributed by atoms with E-state index in [1.54, 1.807) is 12.1 Å². The van der Waals surface area contributed by atoms with Crippen molar-refractivity contribution in [3.8, 4) is 35.0 Å². The molecule has 16 heavy (non-hydrogen) atoms. The molecule has 0 saturated carbocycles. The molecule has 0 heterocycles. The van der Waals surface area contributed by atoms with E-state index in [0.717, 1.165) is 11.1 Å². The van der Waals surface area contributed by atoms with Gasteiger partial charge < -0.3 is 10.2 Å². The number of hydrogen-bond acceptors (Lipinski definition) is 2. The first kappa shape index (κ1) is 10.1. The normalized spacial score (nSPS) is 9.69. The zero-order valence-corrected chi connectivity index (χ0v) is 8.51. The summed E-state index contributed by atoms with van der Waals surface area (Å²) < 4.78 is 0. The first-order chi connectivity index (χ1) is 7.70. The Morgan fingerprint density at radius 3 is 2.25 bits per heavy atom. The molecule has 2 heteroatoms. The van der Waals surface area contributed by atoms with Crippen molar-refractivity contribution in [2.75, 3.05) is 0 Å². The number of aromatic hydroxyl groups is 2. The van der Waals surface area contributed by atoms with Gasteiger partial charge >= 0.3 is 0 Å². The Hall–Kier alpha value is -2.40. The summed E-state index contributed by atoms with van der Waals surface area (Å²) in [5, 5.41) is 19.0. The Bertz CT molecular complexity index is 548. The number of phenolic OH excluding ortho intramolecular Hbond substituents is 2. The zero-order valence-electron chi connectivity index (χ0n) is 8.51. The summed E-state index contributed by atoms with van der Waals surface area (Å²) in [7, 11) is 0. The fourth-order valence-electron chi connectivity index (χ4n) is 1.50. The summed E-state index contributed by atoms with van der Waals surface area (Å²) in [5.41, 5.74) is 2.18. The third-order valence-electron chi connectivity index (χ3n) is 2.34. The molecule has 0 bridgehead atoms. The fraction of sp³-hybridized carbons (Fsp3) is 0. The summed E-state index contributed by atoms with van der Waals surface area (Å²) >= 11 is 0. The molecule has 0 radical (unpaired) electrons. The highest BCUT2D eigenvalue weighted by Gasteiger charge is 2.04. The van der Waals surface area contributed by atoms with E-state index >= 15 is 0 Å². The second kappa shape index (κ2) is 4.00. The van der Waals surface area contributed by atoms with Gasteiger partial charge in [-0.15, -0.1) is 6.42 Å². The number of terminal acetylenes is 1. The van der Waals surface area contributed by atoms with Gasteiger partial charge in [-0.25, -0.2) is 0 Å². The van der Waals surface area contributed by atoms with E-state index in [0.29, 0.717) is 5.56 Å². The molecule has 0 spiro atoms. The van der Waals surface area contributed by atoms with Crippen LogP contribution in [0.15, 0.2) is 42.5 Å². The summed E-state index contributed by atoms with van der Waals surface area (Å²) in [5.74, 6) is 2.77. The fourth-order valence-corrected chi connectivity index (χ4v) is 1.50. The topological polar surface area (TPSA) is 40.5 Å². The maximum absolute atomic E-state index is 9.66. The van der Waals surface area contributed by atoms with Crippen LogP contribution < -0.4 is 0 Å². The van der Waals surface area contributed by atoms with Crippen LogP contribution in [0.5, 0.6) is 11.5 Å². The zero-order chi connectivity index (χ0) is 11.5. The quantitative estimate of drug-likeness (QED) is 0.561. The molecule has 0 aliphatic heterocycles. The second-order valence-electron chi connectivity index (χ2n) is 3.42. The van der Waals surface area contributed by atoms with Gasteiger partial charge in [-0.05, 0) is 35.9 Å². The Morgan fingerprint density at radius 1 is 0.938 bits per heavy atom. The van der Waals surface area contributed by atoms with Gasteiger partial charge in [0, 0.05) is 11.1 Å². The molecular weight excluding hydrogens is 200 g/mol. The van der Waals surface area contributed by atoms with Gasteiger partial charge in [0.1, 0.15) is 11.5 Å². The van der Waals surface area contributed by atoms with Crippen molar-refractivity contribution in [1.82, 2.24) is 0 Å². The Balaban J connectivity index is 2.50. The highest BCUT2D eigenvalue weighted by atomic mass is 16.3. The van der Waals surface area contributed by atoms with Crippen LogP contribution in [0.2, 0.25) is 0 Å². The molecule has 2 rings (SSSR count). The van der Waals surface area contributed by atoms with Crippen molar-refractivity contribution in [1.29, 1.82) is 0 Å². The smallest absolute Gasteiger partial charge is 0.123 e. The molecule has 78 valence electrons. The van der Waals surface area contributed by atoms with E-state index in [2.05, 4.69) is 5.92 Å². The number of rotatable bonds is 1. The third kappa shape index (κ3) is 1.84. The van der Waals surface area contributed by atoms with Gasteiger partial charge in [0.25, 0.3) is 0 Å². The number of hydrogen-bond donors (Lipinski definition) is 2. The van der Waals surface area contributed by atoms with Crippen LogP contribution in [0.25, 0.3) is 11.1 Å². The van der Waals surface area contributed by atoms with Crippen LogP contribution in [-0.2, 0) is 0 Å². The largest absolute Gasteiger partial charge is 0.508 e. The van der Waals surface area contributed by atoms with Crippen molar-refractivity contribution in [2.45, 2.75) is 0 Å². The maximum atomic E-state index is 9.66. The van der Waals surface area contributed by atoms with Crippen LogP contribution in [0.1, 0.15) is 5.56 Å². The highest BCUT2D eigenvalue weighted by Crippen LogP contribution is 2.32. The van der Waals surface area contributed by atoms with Crippen molar-refractivity contribution >= 4 is 0 Å². The minimum atomic E-state index is 0.119. The molecule has 0 amide bonds. The molecule has 0 saturated heterocycles. The predicted molar refractivity (Wildman–Crippen MR) is 63.1 cm³/mol. The van der Waals surface area contributed by atoms with E-state index in [-0.39, 0.29) is 11.5 Å². The summed E-state index contributed by atoms with van der Waals surface area (Å²) in [6.45, 7) is 0. The number of benzene rings is 2. The summed E-state index contributed by atoms with van der Waals surface area (Å²) in [6.07, 6.45) is 5.25. The van der Waals surface area contributed by atoms with Crippen LogP contribution in [0, 0.1) is 12.3 Å². The first-order valence-corrected chi connectivity index (χ1v) is 4.80. The standard InChI is InChI=1S/C14H10O2/c1-2-10-3-5-11(6-4-10)13-9-12(15)7-8-14(13)16/h1,3-9,15-16H. The summed E-state index contributed by atoms with van der Waals surface area (Å²) in [6, 6.07) is 11.6. The molecule has 2 N–H and O–H groups in total. The lowest BCUT2D eigenvalue weighted by molar-refractivity contribution is 0.462. The lowest BCUT2D eigenvalue weighted by Gasteiger charge is -2.05. The summed E-state index contributed by atoms with van der Waals surface area (Å²) in [4.78, 5) is 0. The maximum Gasteiger partial charge on any atom is 0.123 e. The Morgan fingerprint density at radius 2 is 1.62 bits per heavy atom. The highest BCUT2D eigenvalue weighted by molar-refractivity contribution is 5.72. The molecule has 2 nitrogen and oxygen atoms in total. The average Bonchev–Trinajstić information content (AvgIpc) is 2.32. The van der Waals surface area contributed by atoms with E-state index in [1.165, 1.54) is 18.2 Å². The van der Waals surface area contributed by atoms with Crippen molar-refractivity contribution in [3.63, 3.8) is 0 Å². The molecule has 0 unspecified atom stereocenters. The van der Waals surface area contributed by atoms with Crippen LogP contribution in [-0.4, -0.2) is 10.2 Å². The predicted octanol–water partition coefficient (Wildman–Crippen LogP) is 2.75. The molecule has 0 aliphatic carbocycles. The van der Waals surface area contributed by atoms with Crippen molar-refractivity contribution in [2.24, 2.45) is 0 Å². The van der Waals surface area contributed by atoms with Gasteiger partial charge in [-0.2, -0.15) is 0 Å². The van der Waals surface area contributed by atoms with Gasteiger partial charge in [0.2, 0.25) is 0 Å². The molecular formula is C14H10O2. The monoisotopic (exact) mass is 210 g/mol. The minimum absolute atomic E-state index is 0.119. The van der Waals surface area contributed by atoms with Crippen LogP contribution in [0.4, 0.5) is 0 Å². The van der Waals surface area contributed by atoms with E-state index in [4.69, 9.17) is 6.42 Å². The third-order valence-corrected chi connectivity index (χ3v) is 2.34. The molecule has 2 aromatic carbocycles. The van der Waals surface area contributed by atoms with Gasteiger partial charge in [0.05, 0.1) is 0 Å². The van der Waals surface area contributed by atoms with Crippen LogP contribution >= 0.6 is 0 Å². The SMILES string of the molecule is C#Cc1ccc(-c2cc(O)ccc2O)cc1. The molecule has 0 aliphatic rings. The van der Waals surface area contributed by atoms with Crippen molar-refractivity contribution in [3.05, 3.63) is 48.0 Å². The molecule has 0 fully saturated rings. The lowest BCUT2D eigenvalue weighted by atomic mass is 10.0. The second-order valence-corrected chi connectivity index (χ2v) is 3.42. The van der Waals surface area contributed by atoms with E-state index in [1.807, 2.05) is 12.1 Å². The van der Waals surface area contributed by atoms with Gasteiger partial charge in [0.15, 0.2) is 0 Å². The first-order valence-electron chi connectivity index (χ1n) is 4.80. The van der Waals surface area contributed by atoms with Gasteiger partial charge in [-0.3, -0.25) is 0 Å². The Kier molecular flexibility index (Phi) is 2.53. The molecule has 0 atom stereocenters. The van der Waals surface area contributed by atoms with Gasteiger partial charge in [-0.1, -0.05) is 18.1 Å². The molecule has 2 aromatic rings. The minimum Gasteiger partial charge on any atom is -0.508 e. The number of phenols is 2. The van der Waals surface area contributed by atoms with Crippen molar-refractivity contribution < 1.29 is 10.2 Å². The molecule has 0 aromatic heterocycles. The lowest BCUT2D eigenvalue weighted by Crippen LogP contribution is -1.80. The van der Waals surface area contributed by atoms with Crippen LogP contribution in [0.3, 0.4) is 0 Å². The average molecular weight is 210 g/mol. The van der Waals surface area contributed by atoms with E-state index in [9.17, 15) is 10.2 Å². The van der Waals surface area contributed by atoms with E-state index < -0.39 is 0 Å². The Labute approximate surface area is 93.8 Å².